The summed E-state index contributed by atoms with van der Waals surface area (Å²) in [4.78, 5) is 14.7. The lowest BCUT2D eigenvalue weighted by Gasteiger charge is -2.22. The average molecular weight is 236 g/mol. The first kappa shape index (κ1) is 11.9. The van der Waals surface area contributed by atoms with Crippen LogP contribution in [0.5, 0.6) is 0 Å². The summed E-state index contributed by atoms with van der Waals surface area (Å²) >= 11 is 0. The van der Waals surface area contributed by atoms with Gasteiger partial charge >= 0.3 is 5.97 Å². The molecule has 0 radical (unpaired) electrons. The number of carboxylic acids is 1. The Morgan fingerprint density at radius 3 is 2.82 bits per heavy atom. The summed E-state index contributed by atoms with van der Waals surface area (Å²) in [5.74, 6) is 0.389. The van der Waals surface area contributed by atoms with E-state index < -0.39 is 5.97 Å². The fourth-order valence-corrected chi connectivity index (χ4v) is 1.82. The van der Waals surface area contributed by atoms with Gasteiger partial charge in [0.15, 0.2) is 0 Å². The number of rotatable bonds is 4. The van der Waals surface area contributed by atoms with Crippen molar-refractivity contribution >= 4 is 11.8 Å². The first-order valence-corrected chi connectivity index (χ1v) is 5.76. The molecular formula is C12H16N2O3. The molecule has 1 aliphatic heterocycles. The molecule has 1 saturated heterocycles. The maximum Gasteiger partial charge on any atom is 0.337 e. The van der Waals surface area contributed by atoms with Crippen molar-refractivity contribution < 1.29 is 14.6 Å². The molecular weight excluding hydrogens is 220 g/mol. The number of carboxylic acid groups (broad SMARTS) is 1. The number of nitrogens with one attached hydrogen (secondary N) is 1. The molecule has 0 atom stereocenters. The topological polar surface area (TPSA) is 71.5 Å². The van der Waals surface area contributed by atoms with Gasteiger partial charge in [-0.05, 0) is 30.9 Å². The quantitative estimate of drug-likeness (QED) is 0.831. The summed E-state index contributed by atoms with van der Waals surface area (Å²) in [6, 6.07) is 3.25. The normalized spacial score (nSPS) is 16.7. The van der Waals surface area contributed by atoms with Gasteiger partial charge in [-0.2, -0.15) is 0 Å². The van der Waals surface area contributed by atoms with Gasteiger partial charge in [-0.3, -0.25) is 0 Å². The maximum atomic E-state index is 10.6. The molecule has 0 spiro atoms. The standard InChI is InChI=1S/C12H16N2O3/c15-12(16)10-1-2-11(14-8-10)13-7-9-3-5-17-6-4-9/h1-2,8-9H,3-7H2,(H,13,14)(H,15,16). The minimum absolute atomic E-state index is 0.210. The van der Waals surface area contributed by atoms with Crippen molar-refractivity contribution in [1.82, 2.24) is 4.98 Å². The van der Waals surface area contributed by atoms with Crippen molar-refractivity contribution in [2.75, 3.05) is 25.1 Å². The molecule has 1 fully saturated rings. The van der Waals surface area contributed by atoms with Crippen LogP contribution in [0.15, 0.2) is 18.3 Å². The molecule has 1 aromatic heterocycles. The fourth-order valence-electron chi connectivity index (χ4n) is 1.82. The van der Waals surface area contributed by atoms with Gasteiger partial charge in [0.05, 0.1) is 5.56 Å². The van der Waals surface area contributed by atoms with Crippen molar-refractivity contribution in [3.8, 4) is 0 Å². The Kier molecular flexibility index (Phi) is 3.93. The van der Waals surface area contributed by atoms with Gasteiger partial charge in [-0.15, -0.1) is 0 Å². The van der Waals surface area contributed by atoms with Gasteiger partial charge in [-0.25, -0.2) is 9.78 Å². The van der Waals surface area contributed by atoms with Crippen LogP contribution in [0.2, 0.25) is 0 Å². The van der Waals surface area contributed by atoms with Crippen LogP contribution in [0, 0.1) is 5.92 Å². The van der Waals surface area contributed by atoms with E-state index in [-0.39, 0.29) is 5.56 Å². The zero-order valence-electron chi connectivity index (χ0n) is 9.56. The molecule has 5 heteroatoms. The number of aromatic carboxylic acids is 1. The second-order valence-electron chi connectivity index (χ2n) is 4.17. The van der Waals surface area contributed by atoms with Crippen LogP contribution in [0.4, 0.5) is 5.82 Å². The number of pyridine rings is 1. The van der Waals surface area contributed by atoms with Gasteiger partial charge < -0.3 is 15.2 Å². The van der Waals surface area contributed by atoms with Crippen molar-refractivity contribution in [2.45, 2.75) is 12.8 Å². The Labute approximate surface area is 99.8 Å². The Hall–Kier alpha value is -1.62. The van der Waals surface area contributed by atoms with Gasteiger partial charge in [0.2, 0.25) is 0 Å². The van der Waals surface area contributed by atoms with Crippen LogP contribution < -0.4 is 5.32 Å². The van der Waals surface area contributed by atoms with E-state index in [1.165, 1.54) is 6.20 Å². The lowest BCUT2D eigenvalue weighted by Crippen LogP contribution is -2.22. The summed E-state index contributed by atoms with van der Waals surface area (Å²) in [5.41, 5.74) is 0.210. The van der Waals surface area contributed by atoms with Crippen LogP contribution in [0.3, 0.4) is 0 Å². The summed E-state index contributed by atoms with van der Waals surface area (Å²) < 4.78 is 5.29. The summed E-state index contributed by atoms with van der Waals surface area (Å²) in [5, 5.41) is 12.0. The highest BCUT2D eigenvalue weighted by molar-refractivity contribution is 5.87. The average Bonchev–Trinajstić information content (AvgIpc) is 2.38. The third-order valence-electron chi connectivity index (χ3n) is 2.92. The Morgan fingerprint density at radius 2 is 2.24 bits per heavy atom. The third kappa shape index (κ3) is 3.42. The number of hydrogen-bond donors (Lipinski definition) is 2. The molecule has 0 bridgehead atoms. The third-order valence-corrected chi connectivity index (χ3v) is 2.92. The first-order chi connectivity index (χ1) is 8.25. The Balaban J connectivity index is 1.84. The van der Waals surface area contributed by atoms with Gasteiger partial charge in [-0.1, -0.05) is 0 Å². The lowest BCUT2D eigenvalue weighted by atomic mass is 10.0. The summed E-state index contributed by atoms with van der Waals surface area (Å²) in [6.07, 6.45) is 3.51. The monoisotopic (exact) mass is 236 g/mol. The molecule has 92 valence electrons. The van der Waals surface area contributed by atoms with E-state index in [1.807, 2.05) is 0 Å². The van der Waals surface area contributed by atoms with E-state index in [2.05, 4.69) is 10.3 Å². The predicted octanol–water partition coefficient (Wildman–Crippen LogP) is 1.62. The molecule has 0 aliphatic carbocycles. The Bertz CT molecular complexity index is 372. The molecule has 0 saturated carbocycles. The van der Waals surface area contributed by atoms with Crippen LogP contribution in [0.25, 0.3) is 0 Å². The molecule has 2 rings (SSSR count). The number of aromatic nitrogens is 1. The maximum absolute atomic E-state index is 10.6. The highest BCUT2D eigenvalue weighted by Gasteiger charge is 2.13. The van der Waals surface area contributed by atoms with E-state index in [0.717, 1.165) is 38.4 Å². The fraction of sp³-hybridized carbons (Fsp3) is 0.500. The lowest BCUT2D eigenvalue weighted by molar-refractivity contribution is 0.0693. The largest absolute Gasteiger partial charge is 0.478 e. The molecule has 1 aliphatic rings. The van der Waals surface area contributed by atoms with E-state index in [1.54, 1.807) is 12.1 Å². The van der Waals surface area contributed by atoms with Crippen LogP contribution >= 0.6 is 0 Å². The number of nitrogens with zero attached hydrogens (tertiary/aromatic N) is 1. The van der Waals surface area contributed by atoms with E-state index in [9.17, 15) is 4.79 Å². The minimum Gasteiger partial charge on any atom is -0.478 e. The van der Waals surface area contributed by atoms with Crippen molar-refractivity contribution in [3.63, 3.8) is 0 Å². The zero-order chi connectivity index (χ0) is 12.1. The van der Waals surface area contributed by atoms with Crippen LogP contribution in [0.1, 0.15) is 23.2 Å². The van der Waals surface area contributed by atoms with Gasteiger partial charge in [0.25, 0.3) is 0 Å². The molecule has 0 amide bonds. The van der Waals surface area contributed by atoms with Crippen LogP contribution in [-0.2, 0) is 4.74 Å². The van der Waals surface area contributed by atoms with E-state index in [0.29, 0.717) is 5.92 Å². The highest BCUT2D eigenvalue weighted by atomic mass is 16.5. The number of ether oxygens (including phenoxy) is 1. The second-order valence-corrected chi connectivity index (χ2v) is 4.17. The molecule has 0 unspecified atom stereocenters. The van der Waals surface area contributed by atoms with Gasteiger partial charge in [0, 0.05) is 26.0 Å². The smallest absolute Gasteiger partial charge is 0.337 e. The summed E-state index contributed by atoms with van der Waals surface area (Å²) in [6.45, 7) is 2.53. The molecule has 2 N–H and O–H groups in total. The molecule has 1 aromatic rings. The molecule has 0 aromatic carbocycles. The number of hydrogen-bond acceptors (Lipinski definition) is 4. The summed E-state index contributed by atoms with van der Waals surface area (Å²) in [7, 11) is 0. The zero-order valence-corrected chi connectivity index (χ0v) is 9.56. The van der Waals surface area contributed by atoms with Crippen molar-refractivity contribution in [2.24, 2.45) is 5.92 Å². The second kappa shape index (κ2) is 5.63. The number of anilines is 1. The molecule has 2 heterocycles. The van der Waals surface area contributed by atoms with Crippen molar-refractivity contribution in [3.05, 3.63) is 23.9 Å². The van der Waals surface area contributed by atoms with Crippen molar-refractivity contribution in [1.29, 1.82) is 0 Å². The minimum atomic E-state index is -0.950. The van der Waals surface area contributed by atoms with E-state index >= 15 is 0 Å². The molecule has 17 heavy (non-hydrogen) atoms. The van der Waals surface area contributed by atoms with Gasteiger partial charge in [0.1, 0.15) is 5.82 Å². The van der Waals surface area contributed by atoms with E-state index in [4.69, 9.17) is 9.84 Å². The number of carbonyl (C=O) groups is 1. The van der Waals surface area contributed by atoms with Crippen LogP contribution in [-0.4, -0.2) is 35.8 Å². The Morgan fingerprint density at radius 1 is 1.47 bits per heavy atom. The highest BCUT2D eigenvalue weighted by Crippen LogP contribution is 2.15. The predicted molar refractivity (Wildman–Crippen MR) is 63.2 cm³/mol. The SMILES string of the molecule is O=C(O)c1ccc(NCC2CCOCC2)nc1. The molecule has 5 nitrogen and oxygen atoms in total. The first-order valence-electron chi connectivity index (χ1n) is 5.76.